The van der Waals surface area contributed by atoms with Crippen LogP contribution < -0.4 is 0 Å². The molecule has 16 heavy (non-hydrogen) atoms. The Morgan fingerprint density at radius 3 is 2.25 bits per heavy atom. The first-order valence-electron chi connectivity index (χ1n) is 4.05. The number of phenolic OH excluding ortho intramolecular Hbond substituents is 1. The van der Waals surface area contributed by atoms with Crippen LogP contribution in [0.15, 0.2) is 24.3 Å². The summed E-state index contributed by atoms with van der Waals surface area (Å²) in [6, 6.07) is 2.29. The minimum atomic E-state index is -1.26. The van der Waals surface area contributed by atoms with Crippen LogP contribution in [0.1, 0.15) is 10.4 Å². The molecule has 0 aromatic heterocycles. The van der Waals surface area contributed by atoms with Crippen LogP contribution in [0.5, 0.6) is 5.75 Å². The molecule has 0 heterocycles. The molecule has 0 fully saturated rings. The molecule has 0 saturated heterocycles. The molecule has 0 radical (unpaired) electrons. The Morgan fingerprint density at radius 2 is 1.69 bits per heavy atom. The lowest BCUT2D eigenvalue weighted by atomic mass is 10.1. The maximum Gasteiger partial charge on any atom is 0.328 e. The van der Waals surface area contributed by atoms with Gasteiger partial charge in [-0.3, -0.25) is 4.79 Å². The number of aromatic hydroxyl groups is 1. The number of halogens is 2. The smallest absolute Gasteiger partial charge is 0.328 e. The average Bonchev–Trinajstić information content (AvgIpc) is 2.20. The maximum absolute atomic E-state index is 11.4. The van der Waals surface area contributed by atoms with Crippen molar-refractivity contribution in [2.45, 2.75) is 0 Å². The lowest BCUT2D eigenvalue weighted by molar-refractivity contribution is -0.131. The van der Waals surface area contributed by atoms with Crippen molar-refractivity contribution in [2.24, 2.45) is 0 Å². The van der Waals surface area contributed by atoms with E-state index in [-0.39, 0.29) is 21.4 Å². The number of carbonyl (C=O) groups is 2. The summed E-state index contributed by atoms with van der Waals surface area (Å²) in [4.78, 5) is 21.6. The maximum atomic E-state index is 11.4. The molecule has 1 aromatic carbocycles. The van der Waals surface area contributed by atoms with E-state index in [1.807, 2.05) is 0 Å². The Labute approximate surface area is 101 Å². The third-order valence-electron chi connectivity index (χ3n) is 1.68. The Bertz CT molecular complexity index is 480. The fourth-order valence-corrected chi connectivity index (χ4v) is 1.29. The number of benzene rings is 1. The minimum Gasteiger partial charge on any atom is -0.507 e. The van der Waals surface area contributed by atoms with Crippen molar-refractivity contribution >= 4 is 35.0 Å². The third kappa shape index (κ3) is 2.98. The van der Waals surface area contributed by atoms with E-state index in [0.29, 0.717) is 6.08 Å². The number of ketones is 1. The lowest BCUT2D eigenvalue weighted by Gasteiger charge is -2.02. The van der Waals surface area contributed by atoms with Crippen molar-refractivity contribution in [1.82, 2.24) is 0 Å². The molecule has 1 aromatic rings. The molecule has 0 saturated carbocycles. The van der Waals surface area contributed by atoms with Crippen molar-refractivity contribution < 1.29 is 19.8 Å². The first-order valence-corrected chi connectivity index (χ1v) is 4.80. The normalized spacial score (nSPS) is 10.6. The highest BCUT2D eigenvalue weighted by Gasteiger charge is 2.12. The fourth-order valence-electron chi connectivity index (χ4n) is 0.970. The van der Waals surface area contributed by atoms with Crippen LogP contribution in [-0.4, -0.2) is 22.0 Å². The van der Waals surface area contributed by atoms with E-state index in [1.54, 1.807) is 0 Å². The third-order valence-corrected chi connectivity index (χ3v) is 2.40. The second-order valence-corrected chi connectivity index (χ2v) is 3.63. The molecule has 0 aliphatic carbocycles. The van der Waals surface area contributed by atoms with Crippen molar-refractivity contribution in [2.75, 3.05) is 0 Å². The van der Waals surface area contributed by atoms with E-state index in [1.165, 1.54) is 6.07 Å². The number of carboxylic acid groups (broad SMARTS) is 1. The van der Waals surface area contributed by atoms with E-state index >= 15 is 0 Å². The zero-order valence-electron chi connectivity index (χ0n) is 7.78. The van der Waals surface area contributed by atoms with Crippen LogP contribution in [0.3, 0.4) is 0 Å². The first-order chi connectivity index (χ1) is 7.41. The molecule has 0 unspecified atom stereocenters. The molecular formula is C10H6Cl2O4. The van der Waals surface area contributed by atoms with Gasteiger partial charge in [0.15, 0.2) is 5.78 Å². The van der Waals surface area contributed by atoms with Crippen LogP contribution in [0.2, 0.25) is 10.0 Å². The van der Waals surface area contributed by atoms with Crippen LogP contribution in [0.4, 0.5) is 0 Å². The summed E-state index contributed by atoms with van der Waals surface area (Å²) in [5, 5.41) is 17.9. The molecule has 0 bridgehead atoms. The number of hydrogen-bond donors (Lipinski definition) is 2. The van der Waals surface area contributed by atoms with Crippen molar-refractivity contribution in [3.05, 3.63) is 39.9 Å². The highest BCUT2D eigenvalue weighted by atomic mass is 35.5. The Hall–Kier alpha value is -1.52. The molecule has 2 N–H and O–H groups in total. The summed E-state index contributed by atoms with van der Waals surface area (Å²) in [5.74, 6) is -2.28. The number of rotatable bonds is 3. The van der Waals surface area contributed by atoms with Gasteiger partial charge in [0.05, 0.1) is 15.6 Å². The van der Waals surface area contributed by atoms with Gasteiger partial charge in [0.1, 0.15) is 5.75 Å². The van der Waals surface area contributed by atoms with Gasteiger partial charge in [-0.15, -0.1) is 0 Å². The minimum absolute atomic E-state index is 0.103. The molecule has 0 spiro atoms. The van der Waals surface area contributed by atoms with E-state index in [4.69, 9.17) is 28.3 Å². The summed E-state index contributed by atoms with van der Waals surface area (Å²) in [6.07, 6.45) is 1.49. The molecule has 0 atom stereocenters. The monoisotopic (exact) mass is 260 g/mol. The van der Waals surface area contributed by atoms with E-state index in [9.17, 15) is 14.7 Å². The first kappa shape index (κ1) is 12.5. The number of carbonyl (C=O) groups excluding carboxylic acids is 1. The average molecular weight is 261 g/mol. The van der Waals surface area contributed by atoms with Crippen molar-refractivity contribution in [3.8, 4) is 5.75 Å². The predicted molar refractivity (Wildman–Crippen MR) is 59.2 cm³/mol. The topological polar surface area (TPSA) is 74.6 Å². The molecule has 1 rings (SSSR count). The molecule has 0 aliphatic heterocycles. The van der Waals surface area contributed by atoms with Gasteiger partial charge in [0, 0.05) is 12.1 Å². The number of phenols is 1. The number of aliphatic carboxylic acids is 1. The summed E-state index contributed by atoms with van der Waals surface area (Å²) < 4.78 is 0. The van der Waals surface area contributed by atoms with Gasteiger partial charge in [-0.1, -0.05) is 23.2 Å². The highest BCUT2D eigenvalue weighted by Crippen LogP contribution is 2.30. The largest absolute Gasteiger partial charge is 0.507 e. The zero-order chi connectivity index (χ0) is 12.3. The van der Waals surface area contributed by atoms with Crippen LogP contribution in [-0.2, 0) is 4.79 Å². The van der Waals surface area contributed by atoms with Gasteiger partial charge in [0.25, 0.3) is 0 Å². The number of allylic oxidation sites excluding steroid dienone is 1. The quantitative estimate of drug-likeness (QED) is 0.647. The van der Waals surface area contributed by atoms with Gasteiger partial charge in [-0.2, -0.15) is 0 Å². The van der Waals surface area contributed by atoms with Crippen molar-refractivity contribution in [1.29, 1.82) is 0 Å². The Kier molecular flexibility index (Phi) is 3.93. The van der Waals surface area contributed by atoms with Crippen molar-refractivity contribution in [3.63, 3.8) is 0 Å². The Balaban J connectivity index is 3.09. The van der Waals surface area contributed by atoms with Gasteiger partial charge < -0.3 is 10.2 Å². The van der Waals surface area contributed by atoms with Gasteiger partial charge >= 0.3 is 5.97 Å². The fraction of sp³-hybridized carbons (Fsp3) is 0. The molecule has 6 heteroatoms. The van der Waals surface area contributed by atoms with E-state index in [0.717, 1.165) is 12.1 Å². The van der Waals surface area contributed by atoms with Gasteiger partial charge in [-0.05, 0) is 12.1 Å². The van der Waals surface area contributed by atoms with Crippen LogP contribution in [0, 0.1) is 0 Å². The molecule has 4 nitrogen and oxygen atoms in total. The molecule has 84 valence electrons. The summed E-state index contributed by atoms with van der Waals surface area (Å²) >= 11 is 11.3. The predicted octanol–water partition coefficient (Wildman–Crippen LogP) is 2.52. The second kappa shape index (κ2) is 5.01. The lowest BCUT2D eigenvalue weighted by Crippen LogP contribution is -1.97. The highest BCUT2D eigenvalue weighted by molar-refractivity contribution is 6.42. The molecule has 0 amide bonds. The van der Waals surface area contributed by atoms with E-state index < -0.39 is 11.8 Å². The van der Waals surface area contributed by atoms with Crippen LogP contribution >= 0.6 is 23.2 Å². The standard InChI is InChI=1S/C10H6Cl2O4/c11-6-3-5(9(14)4-7(6)12)8(13)1-2-10(15)16/h1-4,14H,(H,15,16)/b2-1+. The SMILES string of the molecule is O=C(O)/C=C/C(=O)c1cc(Cl)c(Cl)cc1O. The van der Waals surface area contributed by atoms with Crippen LogP contribution in [0.25, 0.3) is 0 Å². The second-order valence-electron chi connectivity index (χ2n) is 2.82. The number of carboxylic acids is 1. The van der Waals surface area contributed by atoms with Gasteiger partial charge in [-0.25, -0.2) is 4.79 Å². The summed E-state index contributed by atoms with van der Waals surface area (Å²) in [7, 11) is 0. The molecule has 0 aliphatic rings. The summed E-state index contributed by atoms with van der Waals surface area (Å²) in [6.45, 7) is 0. The van der Waals surface area contributed by atoms with Gasteiger partial charge in [0.2, 0.25) is 0 Å². The Morgan fingerprint density at radius 1 is 1.12 bits per heavy atom. The zero-order valence-corrected chi connectivity index (χ0v) is 9.29. The number of hydrogen-bond acceptors (Lipinski definition) is 3. The molecular weight excluding hydrogens is 255 g/mol. The van der Waals surface area contributed by atoms with E-state index in [2.05, 4.69) is 0 Å². The summed E-state index contributed by atoms with van der Waals surface area (Å²) in [5.41, 5.74) is -0.105.